The minimum Gasteiger partial charge on any atom is -0.354 e. The van der Waals surface area contributed by atoms with Gasteiger partial charge in [0.2, 0.25) is 17.8 Å². The Bertz CT molecular complexity index is 549. The first-order chi connectivity index (χ1) is 11.7. The van der Waals surface area contributed by atoms with Gasteiger partial charge < -0.3 is 16.0 Å². The molecule has 96 valence electrons. The van der Waals surface area contributed by atoms with Gasteiger partial charge in [-0.1, -0.05) is 0 Å². The summed E-state index contributed by atoms with van der Waals surface area (Å²) in [5.74, 6) is -0.400. The zero-order valence-electron chi connectivity index (χ0n) is 18.8. The van der Waals surface area contributed by atoms with Crippen molar-refractivity contribution in [3.05, 3.63) is 0 Å². The lowest BCUT2D eigenvalue weighted by atomic mass is 10.1. The molecule has 0 unspecified atom stereocenters. The maximum atomic E-state index is 7.62. The van der Waals surface area contributed by atoms with Crippen LogP contribution in [0.3, 0.4) is 0 Å². The van der Waals surface area contributed by atoms with Crippen molar-refractivity contribution in [2.24, 2.45) is 0 Å². The molecule has 1 aromatic heterocycles. The summed E-state index contributed by atoms with van der Waals surface area (Å²) in [5, 5.41) is 7.65. The molecular weight excluding hydrogens is 216 g/mol. The van der Waals surface area contributed by atoms with Gasteiger partial charge in [-0.25, -0.2) is 0 Å². The van der Waals surface area contributed by atoms with Crippen molar-refractivity contribution >= 4 is 17.8 Å². The summed E-state index contributed by atoms with van der Waals surface area (Å²) in [6.07, 6.45) is 0. The Morgan fingerprint density at radius 3 is 1.82 bits per heavy atom. The summed E-state index contributed by atoms with van der Waals surface area (Å²) in [6.45, 7) is -5.84. The van der Waals surface area contributed by atoms with Crippen molar-refractivity contribution in [1.82, 2.24) is 15.0 Å². The zero-order valence-corrected chi connectivity index (χ0v) is 9.76. The Kier molecular flexibility index (Phi) is 1.79. The number of hydrogen-bond acceptors (Lipinski definition) is 6. The smallest absolute Gasteiger partial charge is 0.229 e. The number of rotatable bonds is 5. The molecular formula is C11H22N6. The molecule has 0 spiro atoms. The quantitative estimate of drug-likeness (QED) is 0.738. The maximum Gasteiger partial charge on any atom is 0.229 e. The summed E-state index contributed by atoms with van der Waals surface area (Å²) in [5.41, 5.74) is -3.26. The fourth-order valence-electron chi connectivity index (χ4n) is 1.07. The third-order valence-corrected chi connectivity index (χ3v) is 1.60. The molecule has 0 aliphatic heterocycles. The van der Waals surface area contributed by atoms with Crippen LogP contribution < -0.4 is 16.0 Å². The highest BCUT2D eigenvalue weighted by atomic mass is 15.3. The van der Waals surface area contributed by atoms with Gasteiger partial charge >= 0.3 is 0 Å². The van der Waals surface area contributed by atoms with Crippen LogP contribution in [0.1, 0.15) is 46.7 Å². The molecule has 1 rings (SSSR count). The van der Waals surface area contributed by atoms with Crippen molar-refractivity contribution in [2.45, 2.75) is 39.9 Å². The molecule has 6 heteroatoms. The molecule has 0 saturated carbocycles. The SMILES string of the molecule is [2H]C([2H])([2H])C(Nc1nc(NCC)nc(NCC)n1)(C([2H])([2H])[2H])C([2H])([2H])[2H]. The molecule has 1 heterocycles. The largest absolute Gasteiger partial charge is 0.354 e. The molecule has 0 aliphatic carbocycles. The molecule has 0 radical (unpaired) electrons. The first kappa shape index (κ1) is 5.37. The molecule has 6 nitrogen and oxygen atoms in total. The van der Waals surface area contributed by atoms with Crippen LogP contribution in [-0.2, 0) is 0 Å². The minimum absolute atomic E-state index is 0.0384. The van der Waals surface area contributed by atoms with Crippen molar-refractivity contribution in [1.29, 1.82) is 0 Å². The molecule has 1 aromatic rings. The van der Waals surface area contributed by atoms with E-state index in [0.29, 0.717) is 13.1 Å². The van der Waals surface area contributed by atoms with Crippen LogP contribution >= 0.6 is 0 Å². The van der Waals surface area contributed by atoms with Crippen molar-refractivity contribution in [3.8, 4) is 0 Å². The number of anilines is 3. The fourth-order valence-corrected chi connectivity index (χ4v) is 1.07. The van der Waals surface area contributed by atoms with E-state index in [1.165, 1.54) is 0 Å². The van der Waals surface area contributed by atoms with Crippen LogP contribution in [0.4, 0.5) is 17.8 Å². The van der Waals surface area contributed by atoms with Gasteiger partial charge in [-0.05, 0) is 34.4 Å². The van der Waals surface area contributed by atoms with E-state index in [0.717, 1.165) is 0 Å². The molecule has 0 bridgehead atoms. The van der Waals surface area contributed by atoms with Gasteiger partial charge in [-0.15, -0.1) is 0 Å². The van der Waals surface area contributed by atoms with E-state index in [9.17, 15) is 0 Å². The van der Waals surface area contributed by atoms with E-state index in [1.54, 1.807) is 13.8 Å². The second kappa shape index (κ2) is 5.65. The van der Waals surface area contributed by atoms with Crippen LogP contribution in [0.15, 0.2) is 0 Å². The topological polar surface area (TPSA) is 74.8 Å². The van der Waals surface area contributed by atoms with Crippen LogP contribution in [-0.4, -0.2) is 33.6 Å². The number of nitrogens with one attached hydrogen (secondary N) is 3. The molecule has 0 aromatic carbocycles. The first-order valence-corrected chi connectivity index (χ1v) is 5.21. The molecule has 0 fully saturated rings. The predicted molar refractivity (Wildman–Crippen MR) is 71.5 cm³/mol. The van der Waals surface area contributed by atoms with Crippen LogP contribution in [0, 0.1) is 0 Å². The molecule has 0 amide bonds. The molecule has 3 N–H and O–H groups in total. The second-order valence-corrected chi connectivity index (χ2v) is 3.24. The molecule has 17 heavy (non-hydrogen) atoms. The first-order valence-electron chi connectivity index (χ1n) is 9.71. The third-order valence-electron chi connectivity index (χ3n) is 1.60. The highest BCUT2D eigenvalue weighted by Gasteiger charge is 2.13. The Morgan fingerprint density at radius 2 is 1.41 bits per heavy atom. The van der Waals surface area contributed by atoms with E-state index in [4.69, 9.17) is 12.3 Å². The van der Waals surface area contributed by atoms with Crippen LogP contribution in [0.25, 0.3) is 0 Å². The van der Waals surface area contributed by atoms with Gasteiger partial charge in [0.1, 0.15) is 0 Å². The van der Waals surface area contributed by atoms with Crippen LogP contribution in [0.2, 0.25) is 0 Å². The average Bonchev–Trinajstić information content (AvgIpc) is 2.41. The number of hydrogen-bond donors (Lipinski definition) is 3. The summed E-state index contributed by atoms with van der Waals surface area (Å²) in [6, 6.07) is 0. The Morgan fingerprint density at radius 1 is 0.941 bits per heavy atom. The Hall–Kier alpha value is -1.59. The van der Waals surface area contributed by atoms with E-state index in [-0.39, 0.29) is 11.9 Å². The van der Waals surface area contributed by atoms with Gasteiger partial charge in [0.05, 0.1) is 0 Å². The highest BCUT2D eigenvalue weighted by molar-refractivity contribution is 5.42. The molecule has 0 saturated heterocycles. The normalized spacial score (nSPS) is 21.2. The van der Waals surface area contributed by atoms with E-state index in [1.807, 2.05) is 0 Å². The second-order valence-electron chi connectivity index (χ2n) is 3.24. The number of nitrogens with zero attached hydrogens (tertiary/aromatic N) is 3. The predicted octanol–water partition coefficient (Wildman–Crippen LogP) is 1.95. The Labute approximate surface area is 115 Å². The third kappa shape index (κ3) is 4.84. The summed E-state index contributed by atoms with van der Waals surface area (Å²) >= 11 is 0. The highest BCUT2D eigenvalue weighted by Crippen LogP contribution is 2.13. The van der Waals surface area contributed by atoms with Crippen molar-refractivity contribution in [3.63, 3.8) is 0 Å². The zero-order chi connectivity index (χ0) is 20.4. The molecule has 0 aliphatic rings. The Balaban J connectivity index is 3.58. The van der Waals surface area contributed by atoms with E-state index in [2.05, 4.69) is 30.9 Å². The van der Waals surface area contributed by atoms with Gasteiger partial charge in [-0.3, -0.25) is 0 Å². The van der Waals surface area contributed by atoms with Gasteiger partial charge in [0, 0.05) is 31.0 Å². The van der Waals surface area contributed by atoms with Crippen molar-refractivity contribution < 1.29 is 12.3 Å². The van der Waals surface area contributed by atoms with Crippen molar-refractivity contribution in [2.75, 3.05) is 29.0 Å². The lowest BCUT2D eigenvalue weighted by molar-refractivity contribution is 0.625. The average molecular weight is 247 g/mol. The van der Waals surface area contributed by atoms with E-state index < -0.39 is 32.0 Å². The summed E-state index contributed by atoms with van der Waals surface area (Å²) in [7, 11) is 0. The maximum absolute atomic E-state index is 7.62. The molecule has 0 atom stereocenters. The van der Waals surface area contributed by atoms with E-state index >= 15 is 0 Å². The number of aromatic nitrogens is 3. The van der Waals surface area contributed by atoms with Gasteiger partial charge in [-0.2, -0.15) is 15.0 Å². The lowest BCUT2D eigenvalue weighted by Gasteiger charge is -2.21. The van der Waals surface area contributed by atoms with Crippen LogP contribution in [0.5, 0.6) is 0 Å². The fraction of sp³-hybridized carbons (Fsp3) is 0.727. The minimum atomic E-state index is -3.41. The standard InChI is InChI=1S/C11H22N6/c1-6-12-8-14-9(13-7-2)16-10(15-8)17-11(3,4)5/h6-7H2,1-5H3,(H3,12,13,14,15,16,17)/i3D3,4D3,5D3. The summed E-state index contributed by atoms with van der Waals surface area (Å²) < 4.78 is 68.5. The monoisotopic (exact) mass is 247 g/mol. The summed E-state index contributed by atoms with van der Waals surface area (Å²) in [4.78, 5) is 11.8. The van der Waals surface area contributed by atoms with Gasteiger partial charge in [0.25, 0.3) is 0 Å². The lowest BCUT2D eigenvalue weighted by Crippen LogP contribution is -2.28. The van der Waals surface area contributed by atoms with Gasteiger partial charge in [0.15, 0.2) is 0 Å².